The van der Waals surface area contributed by atoms with E-state index >= 15 is 0 Å². The van der Waals surface area contributed by atoms with Crippen molar-refractivity contribution in [1.29, 1.82) is 0 Å². The fourth-order valence-electron chi connectivity index (χ4n) is 1.32. The van der Waals surface area contributed by atoms with Gasteiger partial charge in [-0.1, -0.05) is 6.92 Å². The van der Waals surface area contributed by atoms with E-state index in [-0.39, 0.29) is 11.6 Å². The molecule has 19 heavy (non-hydrogen) atoms. The van der Waals surface area contributed by atoms with Crippen molar-refractivity contribution in [3.63, 3.8) is 0 Å². The Morgan fingerprint density at radius 2 is 2.05 bits per heavy atom. The van der Waals surface area contributed by atoms with Crippen molar-refractivity contribution in [2.45, 2.75) is 13.3 Å². The SMILES string of the molecule is CCCOc1ncnc(Oc2cncc(Br)c2)c1N. The van der Waals surface area contributed by atoms with Crippen LogP contribution < -0.4 is 15.2 Å². The fourth-order valence-corrected chi connectivity index (χ4v) is 1.66. The largest absolute Gasteiger partial charge is 0.476 e. The summed E-state index contributed by atoms with van der Waals surface area (Å²) in [7, 11) is 0. The first-order valence-electron chi connectivity index (χ1n) is 5.72. The van der Waals surface area contributed by atoms with Gasteiger partial charge >= 0.3 is 0 Å². The zero-order chi connectivity index (χ0) is 13.7. The van der Waals surface area contributed by atoms with Crippen LogP contribution in [-0.4, -0.2) is 21.6 Å². The number of nitrogens with zero attached hydrogens (tertiary/aromatic N) is 3. The van der Waals surface area contributed by atoms with Crippen LogP contribution in [0.3, 0.4) is 0 Å². The topological polar surface area (TPSA) is 83.2 Å². The fraction of sp³-hybridized carbons (Fsp3) is 0.250. The quantitative estimate of drug-likeness (QED) is 0.910. The molecule has 2 rings (SSSR count). The van der Waals surface area contributed by atoms with Crippen molar-refractivity contribution in [2.24, 2.45) is 0 Å². The number of ether oxygens (including phenoxy) is 2. The minimum Gasteiger partial charge on any atom is -0.476 e. The molecular weight excluding hydrogens is 312 g/mol. The van der Waals surface area contributed by atoms with Crippen LogP contribution in [0.4, 0.5) is 5.69 Å². The number of rotatable bonds is 5. The standard InChI is InChI=1S/C12H13BrN4O2/c1-2-3-18-11-10(14)12(17-7-16-11)19-9-4-8(13)5-15-6-9/h4-7H,2-3,14H2,1H3. The minimum absolute atomic E-state index is 0.251. The van der Waals surface area contributed by atoms with Crippen LogP contribution in [-0.2, 0) is 0 Å². The summed E-state index contributed by atoms with van der Waals surface area (Å²) in [5.41, 5.74) is 6.18. The van der Waals surface area contributed by atoms with Gasteiger partial charge in [-0.05, 0) is 28.4 Å². The molecule has 0 aliphatic carbocycles. The molecule has 2 heterocycles. The van der Waals surface area contributed by atoms with Gasteiger partial charge < -0.3 is 15.2 Å². The predicted octanol–water partition coefficient (Wildman–Crippen LogP) is 2.80. The van der Waals surface area contributed by atoms with E-state index in [0.717, 1.165) is 10.9 Å². The van der Waals surface area contributed by atoms with Crippen molar-refractivity contribution in [2.75, 3.05) is 12.3 Å². The van der Waals surface area contributed by atoms with E-state index in [9.17, 15) is 0 Å². The zero-order valence-electron chi connectivity index (χ0n) is 10.3. The molecule has 0 spiro atoms. The molecule has 0 aliphatic rings. The van der Waals surface area contributed by atoms with E-state index in [1.807, 2.05) is 6.92 Å². The van der Waals surface area contributed by atoms with E-state index in [1.165, 1.54) is 6.33 Å². The van der Waals surface area contributed by atoms with Crippen LogP contribution in [0.2, 0.25) is 0 Å². The minimum atomic E-state index is 0.251. The number of hydrogen-bond donors (Lipinski definition) is 1. The normalized spacial score (nSPS) is 10.2. The van der Waals surface area contributed by atoms with Crippen LogP contribution in [0.5, 0.6) is 17.5 Å². The number of pyridine rings is 1. The van der Waals surface area contributed by atoms with E-state index < -0.39 is 0 Å². The van der Waals surface area contributed by atoms with Gasteiger partial charge in [-0.25, -0.2) is 0 Å². The molecule has 7 heteroatoms. The zero-order valence-corrected chi connectivity index (χ0v) is 11.9. The molecule has 6 nitrogen and oxygen atoms in total. The van der Waals surface area contributed by atoms with Gasteiger partial charge in [0.2, 0.25) is 11.8 Å². The maximum Gasteiger partial charge on any atom is 0.249 e. The van der Waals surface area contributed by atoms with Gasteiger partial charge in [0.1, 0.15) is 12.1 Å². The second kappa shape index (κ2) is 6.33. The average Bonchev–Trinajstić information content (AvgIpc) is 2.40. The van der Waals surface area contributed by atoms with Crippen molar-refractivity contribution in [3.8, 4) is 17.5 Å². The number of nitrogens with two attached hydrogens (primary N) is 1. The molecule has 0 saturated carbocycles. The molecule has 0 saturated heterocycles. The second-order valence-electron chi connectivity index (χ2n) is 3.69. The van der Waals surface area contributed by atoms with Crippen LogP contribution >= 0.6 is 15.9 Å². The molecule has 0 bridgehead atoms. The molecule has 0 aromatic carbocycles. The summed E-state index contributed by atoms with van der Waals surface area (Å²) in [6, 6.07) is 1.77. The first-order chi connectivity index (χ1) is 9.20. The number of hydrogen-bond acceptors (Lipinski definition) is 6. The molecule has 0 unspecified atom stereocenters. The second-order valence-corrected chi connectivity index (χ2v) is 4.60. The van der Waals surface area contributed by atoms with Crippen LogP contribution in [0.1, 0.15) is 13.3 Å². The molecule has 0 radical (unpaired) electrons. The van der Waals surface area contributed by atoms with Crippen molar-refractivity contribution >= 4 is 21.6 Å². The molecule has 2 aromatic rings. The molecule has 0 aliphatic heterocycles. The van der Waals surface area contributed by atoms with Crippen LogP contribution in [0.25, 0.3) is 0 Å². The van der Waals surface area contributed by atoms with Crippen molar-refractivity contribution in [3.05, 3.63) is 29.3 Å². The highest BCUT2D eigenvalue weighted by atomic mass is 79.9. The molecular formula is C12H13BrN4O2. The molecule has 2 N–H and O–H groups in total. The van der Waals surface area contributed by atoms with Gasteiger partial charge in [-0.2, -0.15) is 9.97 Å². The van der Waals surface area contributed by atoms with Gasteiger partial charge in [-0.3, -0.25) is 4.98 Å². The van der Waals surface area contributed by atoms with E-state index in [4.69, 9.17) is 15.2 Å². The third-order valence-electron chi connectivity index (χ3n) is 2.15. The van der Waals surface area contributed by atoms with E-state index in [0.29, 0.717) is 18.2 Å². The maximum absolute atomic E-state index is 5.90. The molecule has 0 atom stereocenters. The molecule has 0 amide bonds. The Hall–Kier alpha value is -1.89. The van der Waals surface area contributed by atoms with Gasteiger partial charge in [0, 0.05) is 10.7 Å². The Balaban J connectivity index is 2.20. The summed E-state index contributed by atoms with van der Waals surface area (Å²) in [5, 5.41) is 0. The molecule has 0 fully saturated rings. The van der Waals surface area contributed by atoms with Gasteiger partial charge in [0.05, 0.1) is 12.8 Å². The first-order valence-corrected chi connectivity index (χ1v) is 6.51. The summed E-state index contributed by atoms with van der Waals surface area (Å²) >= 11 is 3.31. The number of halogens is 1. The van der Waals surface area contributed by atoms with E-state index in [1.54, 1.807) is 18.5 Å². The van der Waals surface area contributed by atoms with Crippen molar-refractivity contribution in [1.82, 2.24) is 15.0 Å². The summed E-state index contributed by atoms with van der Waals surface area (Å²) in [6.07, 6.45) is 5.45. The predicted molar refractivity (Wildman–Crippen MR) is 74.2 cm³/mol. The lowest BCUT2D eigenvalue weighted by molar-refractivity contribution is 0.304. The van der Waals surface area contributed by atoms with Gasteiger partial charge in [0.25, 0.3) is 0 Å². The smallest absolute Gasteiger partial charge is 0.249 e. The Labute approximate surface area is 119 Å². The number of anilines is 1. The third-order valence-corrected chi connectivity index (χ3v) is 2.58. The Morgan fingerprint density at radius 1 is 1.26 bits per heavy atom. The number of nitrogen functional groups attached to an aromatic ring is 1. The summed E-state index contributed by atoms with van der Waals surface area (Å²) in [5.74, 6) is 1.11. The van der Waals surface area contributed by atoms with Gasteiger partial charge in [0.15, 0.2) is 5.69 Å². The summed E-state index contributed by atoms with van der Waals surface area (Å²) in [4.78, 5) is 12.0. The first kappa shape index (κ1) is 13.5. The highest BCUT2D eigenvalue weighted by Crippen LogP contribution is 2.31. The number of aromatic nitrogens is 3. The van der Waals surface area contributed by atoms with Crippen LogP contribution in [0.15, 0.2) is 29.3 Å². The molecule has 100 valence electrons. The molecule has 2 aromatic heterocycles. The van der Waals surface area contributed by atoms with Crippen molar-refractivity contribution < 1.29 is 9.47 Å². The lowest BCUT2D eigenvalue weighted by Crippen LogP contribution is -2.04. The highest BCUT2D eigenvalue weighted by molar-refractivity contribution is 9.10. The lowest BCUT2D eigenvalue weighted by Gasteiger charge is -2.10. The monoisotopic (exact) mass is 324 g/mol. The Bertz CT molecular complexity index is 565. The highest BCUT2D eigenvalue weighted by Gasteiger charge is 2.11. The maximum atomic E-state index is 5.90. The Kier molecular flexibility index (Phi) is 4.51. The van der Waals surface area contributed by atoms with Crippen LogP contribution in [0, 0.1) is 0 Å². The summed E-state index contributed by atoms with van der Waals surface area (Å²) < 4.78 is 11.8. The average molecular weight is 325 g/mol. The summed E-state index contributed by atoms with van der Waals surface area (Å²) in [6.45, 7) is 2.54. The third kappa shape index (κ3) is 3.54. The van der Waals surface area contributed by atoms with Gasteiger partial charge in [-0.15, -0.1) is 0 Å². The van der Waals surface area contributed by atoms with E-state index in [2.05, 4.69) is 30.9 Å². The Morgan fingerprint density at radius 3 is 2.79 bits per heavy atom. The lowest BCUT2D eigenvalue weighted by atomic mass is 10.4.